The molecule has 0 aromatic heterocycles. The number of nitrogens with one attached hydrogen (secondary N) is 7. The highest BCUT2D eigenvalue weighted by atomic mass is 19.3. The lowest BCUT2D eigenvalue weighted by molar-refractivity contribution is -0.186. The standard InChI is InChI=1S/C44H67FN10O10/c1-27(38(58)54-35(17-9-12-24-48)42(62)55-34(16-8-11-23-47)41(61)51-29(3)44(64)65-45)49-40(60)33(15-7-10-22-46)53-39(59)28(2)50-43(63)36(25-31-18-20-32(56)21-19-31)52-37(57)26-30-13-5-4-6-14-30/h4-6,13-14,18-21,27-29,33-36,56H,7-12,15-17,22-26,46-48H2,1-3H3,(H,49,60)(H,50,63)(H,51,61)(H,52,57)(H,53,59)(H,54,58)(H,55,62). The number of hydrogen-bond acceptors (Lipinski definition) is 13. The molecule has 0 spiro atoms. The molecule has 0 radical (unpaired) electrons. The molecule has 21 heteroatoms. The van der Waals surface area contributed by atoms with E-state index in [9.17, 15) is 48.0 Å². The summed E-state index contributed by atoms with van der Waals surface area (Å²) in [6, 6.07) is 6.50. The van der Waals surface area contributed by atoms with Crippen LogP contribution in [0, 0.1) is 0 Å². The Morgan fingerprint density at radius 1 is 0.508 bits per heavy atom. The lowest BCUT2D eigenvalue weighted by atomic mass is 10.0. The Morgan fingerprint density at radius 2 is 0.908 bits per heavy atom. The number of amides is 7. The van der Waals surface area contributed by atoms with Gasteiger partial charge in [0.15, 0.2) is 0 Å². The highest BCUT2D eigenvalue weighted by molar-refractivity contribution is 5.97. The third-order valence-corrected chi connectivity index (χ3v) is 10.3. The van der Waals surface area contributed by atoms with E-state index >= 15 is 0 Å². The number of halogens is 1. The molecule has 0 saturated carbocycles. The largest absolute Gasteiger partial charge is 0.508 e. The molecule has 0 saturated heterocycles. The Kier molecular flexibility index (Phi) is 25.4. The molecule has 0 aliphatic carbocycles. The van der Waals surface area contributed by atoms with Crippen molar-refractivity contribution in [3.63, 3.8) is 0 Å². The lowest BCUT2D eigenvalue weighted by Crippen LogP contribution is -2.59. The van der Waals surface area contributed by atoms with E-state index in [0.29, 0.717) is 63.7 Å². The summed E-state index contributed by atoms with van der Waals surface area (Å²) in [5, 5.41) is 27.8. The molecule has 0 fully saturated rings. The Hall–Kier alpha value is -6.19. The fourth-order valence-electron chi connectivity index (χ4n) is 6.45. The lowest BCUT2D eigenvalue weighted by Gasteiger charge is -2.26. The van der Waals surface area contributed by atoms with Crippen LogP contribution in [0.25, 0.3) is 0 Å². The highest BCUT2D eigenvalue weighted by Gasteiger charge is 2.32. The van der Waals surface area contributed by atoms with Gasteiger partial charge in [-0.3, -0.25) is 38.5 Å². The minimum Gasteiger partial charge on any atom is -0.508 e. The van der Waals surface area contributed by atoms with Crippen molar-refractivity contribution in [2.45, 2.75) is 134 Å². The van der Waals surface area contributed by atoms with E-state index in [4.69, 9.17) is 17.2 Å². The Bertz CT molecular complexity index is 1840. The fraction of sp³-hybridized carbons (Fsp3) is 0.545. The van der Waals surface area contributed by atoms with Gasteiger partial charge in [-0.05, 0) is 121 Å². The molecule has 0 aliphatic heterocycles. The number of aromatic hydroxyl groups is 1. The van der Waals surface area contributed by atoms with Crippen LogP contribution in [0.15, 0.2) is 54.6 Å². The predicted molar refractivity (Wildman–Crippen MR) is 238 cm³/mol. The molecule has 0 heterocycles. The zero-order valence-corrected chi connectivity index (χ0v) is 37.4. The van der Waals surface area contributed by atoms with Gasteiger partial charge in [0, 0.05) is 10.9 Å². The van der Waals surface area contributed by atoms with Crippen molar-refractivity contribution in [2.75, 3.05) is 19.6 Å². The van der Waals surface area contributed by atoms with Crippen LogP contribution >= 0.6 is 0 Å². The molecule has 2 rings (SSSR count). The summed E-state index contributed by atoms with van der Waals surface area (Å²) < 4.78 is 12.5. The summed E-state index contributed by atoms with van der Waals surface area (Å²) in [5.74, 6) is -6.23. The molecule has 14 N–H and O–H groups in total. The summed E-state index contributed by atoms with van der Waals surface area (Å²) in [6.07, 6.45) is 3.09. The average molecular weight is 915 g/mol. The van der Waals surface area contributed by atoms with Crippen molar-refractivity contribution < 1.29 is 52.9 Å². The Balaban J connectivity index is 2.18. The van der Waals surface area contributed by atoms with Gasteiger partial charge in [0.25, 0.3) is 0 Å². The van der Waals surface area contributed by atoms with Crippen molar-refractivity contribution >= 4 is 47.3 Å². The number of phenols is 1. The molecule has 0 bridgehead atoms. The summed E-state index contributed by atoms with van der Waals surface area (Å²) in [5.41, 5.74) is 18.3. The number of phenolic OH excluding ortho intramolecular Hbond substituents is 1. The van der Waals surface area contributed by atoms with Crippen LogP contribution in [0.4, 0.5) is 4.53 Å². The SMILES string of the molecule is CC(NC(=O)C(Cc1ccc(O)cc1)NC(=O)Cc1ccccc1)C(=O)NC(CCCCN)C(=O)NC(C)C(=O)NC(CCCCN)C(=O)NC(CCCCN)C(=O)NC(C)C(=O)OF. The number of rotatable bonds is 30. The van der Waals surface area contributed by atoms with Crippen molar-refractivity contribution in [1.29, 1.82) is 0 Å². The normalized spacial score (nSPS) is 14.1. The topological polar surface area (TPSA) is 328 Å². The molecule has 7 amide bonds. The van der Waals surface area contributed by atoms with Gasteiger partial charge >= 0.3 is 5.97 Å². The van der Waals surface area contributed by atoms with Crippen molar-refractivity contribution in [1.82, 2.24) is 37.2 Å². The Labute approximate surface area is 378 Å². The van der Waals surface area contributed by atoms with Gasteiger partial charge in [-0.2, -0.15) is 0 Å². The monoisotopic (exact) mass is 915 g/mol. The van der Waals surface area contributed by atoms with Crippen molar-refractivity contribution in [3.05, 3.63) is 65.7 Å². The molecular weight excluding hydrogens is 848 g/mol. The number of hydrogen-bond donors (Lipinski definition) is 11. The number of unbranched alkanes of at least 4 members (excludes halogenated alkanes) is 3. The van der Waals surface area contributed by atoms with Gasteiger partial charge in [-0.15, -0.1) is 0 Å². The second-order valence-electron chi connectivity index (χ2n) is 15.8. The van der Waals surface area contributed by atoms with Crippen LogP contribution in [0.3, 0.4) is 0 Å². The third kappa shape index (κ3) is 20.9. The van der Waals surface area contributed by atoms with E-state index in [1.807, 2.05) is 6.07 Å². The van der Waals surface area contributed by atoms with Gasteiger partial charge < -0.3 is 59.5 Å². The smallest absolute Gasteiger partial charge is 0.370 e. The zero-order valence-electron chi connectivity index (χ0n) is 37.4. The fourth-order valence-corrected chi connectivity index (χ4v) is 6.45. The van der Waals surface area contributed by atoms with Gasteiger partial charge in [0.05, 0.1) is 6.42 Å². The summed E-state index contributed by atoms with van der Waals surface area (Å²) in [7, 11) is 0. The van der Waals surface area contributed by atoms with Gasteiger partial charge in [-0.1, -0.05) is 42.5 Å². The summed E-state index contributed by atoms with van der Waals surface area (Å²) >= 11 is 0. The van der Waals surface area contributed by atoms with E-state index in [-0.39, 0.29) is 37.9 Å². The van der Waals surface area contributed by atoms with Crippen LogP contribution in [0.2, 0.25) is 0 Å². The van der Waals surface area contributed by atoms with E-state index in [0.717, 1.165) is 5.56 Å². The van der Waals surface area contributed by atoms with Crippen LogP contribution in [-0.4, -0.2) is 114 Å². The Morgan fingerprint density at radius 3 is 1.34 bits per heavy atom. The second-order valence-corrected chi connectivity index (χ2v) is 15.8. The van der Waals surface area contributed by atoms with E-state index in [1.165, 1.54) is 32.9 Å². The molecule has 360 valence electrons. The van der Waals surface area contributed by atoms with Gasteiger partial charge in [0.2, 0.25) is 41.4 Å². The van der Waals surface area contributed by atoms with Crippen molar-refractivity contribution in [3.8, 4) is 5.75 Å². The van der Waals surface area contributed by atoms with E-state index < -0.39 is 89.6 Å². The number of carbonyl (C=O) groups is 8. The molecule has 20 nitrogen and oxygen atoms in total. The molecular formula is C44H67FN10O10. The quantitative estimate of drug-likeness (QED) is 0.0439. The maximum Gasteiger partial charge on any atom is 0.370 e. The molecule has 2 aromatic carbocycles. The van der Waals surface area contributed by atoms with Crippen LogP contribution < -0.4 is 54.4 Å². The first kappa shape index (κ1) is 54.9. The molecule has 7 atom stereocenters. The zero-order chi connectivity index (χ0) is 48.3. The third-order valence-electron chi connectivity index (χ3n) is 10.3. The first-order chi connectivity index (χ1) is 31.0. The van der Waals surface area contributed by atoms with Gasteiger partial charge in [0.1, 0.15) is 48.0 Å². The maximum atomic E-state index is 13.7. The minimum atomic E-state index is -1.36. The second kappa shape index (κ2) is 30.0. The van der Waals surface area contributed by atoms with Crippen LogP contribution in [0.5, 0.6) is 5.75 Å². The van der Waals surface area contributed by atoms with Crippen LogP contribution in [0.1, 0.15) is 89.7 Å². The highest BCUT2D eigenvalue weighted by Crippen LogP contribution is 2.13. The molecule has 7 unspecified atom stereocenters. The first-order valence-corrected chi connectivity index (χ1v) is 21.9. The predicted octanol–water partition coefficient (Wildman–Crippen LogP) is -0.555. The molecule has 65 heavy (non-hydrogen) atoms. The maximum absolute atomic E-state index is 13.7. The van der Waals surface area contributed by atoms with Crippen molar-refractivity contribution in [2.24, 2.45) is 17.2 Å². The number of nitrogens with two attached hydrogens (primary N) is 3. The van der Waals surface area contributed by atoms with Gasteiger partial charge in [-0.25, -0.2) is 4.79 Å². The number of benzene rings is 2. The summed E-state index contributed by atoms with van der Waals surface area (Å²) in [4.78, 5) is 109. The number of carbonyl (C=O) groups excluding carboxylic acids is 8. The molecule has 2 aromatic rings. The average Bonchev–Trinajstić information content (AvgIpc) is 3.28. The minimum absolute atomic E-state index is 0.00725. The molecule has 0 aliphatic rings. The summed E-state index contributed by atoms with van der Waals surface area (Å²) in [6.45, 7) is 4.89. The first-order valence-electron chi connectivity index (χ1n) is 21.9. The van der Waals surface area contributed by atoms with E-state index in [2.05, 4.69) is 42.2 Å². The van der Waals surface area contributed by atoms with Crippen LogP contribution in [-0.2, 0) is 56.1 Å². The van der Waals surface area contributed by atoms with E-state index in [1.54, 1.807) is 36.4 Å².